The van der Waals surface area contributed by atoms with Crippen LogP contribution in [0, 0.1) is 20.8 Å². The molecule has 2 aromatic carbocycles. The van der Waals surface area contributed by atoms with Gasteiger partial charge in [-0.3, -0.25) is 19.3 Å². The van der Waals surface area contributed by atoms with Crippen LogP contribution in [0.25, 0.3) is 0 Å². The van der Waals surface area contributed by atoms with Crippen molar-refractivity contribution in [3.05, 3.63) is 64.2 Å². The predicted molar refractivity (Wildman–Crippen MR) is 113 cm³/mol. The van der Waals surface area contributed by atoms with Gasteiger partial charge in [-0.2, -0.15) is 0 Å². The van der Waals surface area contributed by atoms with Crippen molar-refractivity contribution in [1.29, 1.82) is 0 Å². The van der Waals surface area contributed by atoms with Crippen molar-refractivity contribution in [3.63, 3.8) is 0 Å². The summed E-state index contributed by atoms with van der Waals surface area (Å²) < 4.78 is 31.8. The average molecular weight is 429 g/mol. The third kappa shape index (κ3) is 4.43. The lowest BCUT2D eigenvalue weighted by Crippen LogP contribution is -2.26. The largest absolute Gasteiger partial charge is 0.454 e. The second kappa shape index (κ2) is 8.39. The molecule has 0 spiro atoms. The fraction of sp³-hybridized carbons (Fsp3) is 0.318. The van der Waals surface area contributed by atoms with Gasteiger partial charge >= 0.3 is 5.97 Å². The number of carbonyl (C=O) groups excluding carboxylic acids is 2. The van der Waals surface area contributed by atoms with Crippen molar-refractivity contribution in [2.45, 2.75) is 45.1 Å². The number of benzene rings is 2. The van der Waals surface area contributed by atoms with Gasteiger partial charge in [0.1, 0.15) is 5.84 Å². The number of carbonyl (C=O) groups is 2. The van der Waals surface area contributed by atoms with Crippen molar-refractivity contribution in [2.75, 3.05) is 6.54 Å². The van der Waals surface area contributed by atoms with Crippen LogP contribution >= 0.6 is 0 Å². The lowest BCUT2D eigenvalue weighted by Gasteiger charge is -2.15. The molecule has 30 heavy (non-hydrogen) atoms. The third-order valence-corrected chi connectivity index (χ3v) is 6.43. The van der Waals surface area contributed by atoms with E-state index in [1.165, 1.54) is 6.07 Å². The first-order valence-electron chi connectivity index (χ1n) is 9.58. The van der Waals surface area contributed by atoms with Crippen LogP contribution in [0.3, 0.4) is 0 Å². The number of Topliss-reactive ketones (excluding diaryl/α,β-unsaturated/α-hetero) is 1. The summed E-state index contributed by atoms with van der Waals surface area (Å²) in [6.07, 6.45) is -0.992. The van der Waals surface area contributed by atoms with Crippen LogP contribution in [0.1, 0.15) is 46.0 Å². The first kappa shape index (κ1) is 21.7. The van der Waals surface area contributed by atoms with Crippen LogP contribution in [0.15, 0.2) is 46.3 Å². The molecular weight excluding hydrogens is 404 g/mol. The number of ether oxygens (including phenoxy) is 1. The van der Waals surface area contributed by atoms with Crippen LogP contribution in [0.4, 0.5) is 0 Å². The van der Waals surface area contributed by atoms with Crippen LogP contribution in [0.5, 0.6) is 0 Å². The number of sulfonamides is 1. The summed E-state index contributed by atoms with van der Waals surface area (Å²) >= 11 is 0. The standard InChI is InChI=1S/C22H24N2O5S/c1-13-11-15(3)18(12-14(13)2)21(26)16(4)29-20(25)9-10-23-22-17-7-5-6-8-19(17)30(27,28)24-22/h5-8,11-12,16H,9-10H2,1-4H3,(H,23,24)/t16-/m1/s1. The molecule has 0 saturated heterocycles. The maximum absolute atomic E-state index is 12.7. The van der Waals surface area contributed by atoms with Gasteiger partial charge in [0.05, 0.1) is 17.9 Å². The lowest BCUT2D eigenvalue weighted by molar-refractivity contribution is -0.146. The van der Waals surface area contributed by atoms with E-state index in [-0.39, 0.29) is 29.5 Å². The molecule has 1 N–H and O–H groups in total. The topological polar surface area (TPSA) is 102 Å². The molecule has 1 aliphatic rings. The Morgan fingerprint density at radius 1 is 1.07 bits per heavy atom. The molecule has 1 heterocycles. The molecule has 8 heteroatoms. The van der Waals surface area contributed by atoms with Gasteiger partial charge in [-0.05, 0) is 62.6 Å². The number of aryl methyl sites for hydroxylation is 3. The summed E-state index contributed by atoms with van der Waals surface area (Å²) in [6.45, 7) is 7.34. The number of ketones is 1. The monoisotopic (exact) mass is 428 g/mol. The van der Waals surface area contributed by atoms with Gasteiger partial charge in [0, 0.05) is 11.1 Å². The molecule has 0 saturated carbocycles. The molecule has 1 atom stereocenters. The fourth-order valence-corrected chi connectivity index (χ4v) is 4.52. The summed E-state index contributed by atoms with van der Waals surface area (Å²) in [6, 6.07) is 10.2. The first-order chi connectivity index (χ1) is 14.1. The molecule has 0 aliphatic carbocycles. The molecule has 0 amide bonds. The second-order valence-electron chi connectivity index (χ2n) is 7.33. The highest BCUT2D eigenvalue weighted by molar-refractivity contribution is 7.90. The summed E-state index contributed by atoms with van der Waals surface area (Å²) in [7, 11) is -3.62. The summed E-state index contributed by atoms with van der Waals surface area (Å²) in [5.41, 5.74) is 3.94. The van der Waals surface area contributed by atoms with E-state index < -0.39 is 22.1 Å². The highest BCUT2D eigenvalue weighted by Crippen LogP contribution is 2.22. The third-order valence-electron chi connectivity index (χ3n) is 5.03. The quantitative estimate of drug-likeness (QED) is 0.563. The van der Waals surface area contributed by atoms with E-state index >= 15 is 0 Å². The van der Waals surface area contributed by atoms with Crippen molar-refractivity contribution < 1.29 is 22.7 Å². The Kier molecular flexibility index (Phi) is 6.07. The number of hydrogen-bond donors (Lipinski definition) is 1. The van der Waals surface area contributed by atoms with E-state index in [1.54, 1.807) is 25.1 Å². The zero-order valence-corrected chi connectivity index (χ0v) is 18.2. The minimum Gasteiger partial charge on any atom is -0.454 e. The van der Waals surface area contributed by atoms with E-state index in [2.05, 4.69) is 9.71 Å². The smallest absolute Gasteiger partial charge is 0.308 e. The van der Waals surface area contributed by atoms with Gasteiger partial charge in [-0.15, -0.1) is 0 Å². The molecule has 0 unspecified atom stereocenters. The van der Waals surface area contributed by atoms with Crippen molar-refractivity contribution in [2.24, 2.45) is 4.99 Å². The molecule has 158 valence electrons. The fourth-order valence-electron chi connectivity index (χ4n) is 3.26. The number of aliphatic imine (C=N–C) groups is 1. The van der Waals surface area contributed by atoms with Gasteiger partial charge < -0.3 is 4.74 Å². The number of esters is 1. The molecule has 0 fully saturated rings. The molecule has 1 aliphatic heterocycles. The Morgan fingerprint density at radius 2 is 1.73 bits per heavy atom. The Labute approximate surface area is 176 Å². The molecule has 3 rings (SSSR count). The molecular formula is C22H24N2O5S. The first-order valence-corrected chi connectivity index (χ1v) is 11.1. The maximum Gasteiger partial charge on any atom is 0.308 e. The van der Waals surface area contributed by atoms with E-state index in [9.17, 15) is 18.0 Å². The van der Waals surface area contributed by atoms with E-state index in [0.717, 1.165) is 16.7 Å². The van der Waals surface area contributed by atoms with E-state index in [4.69, 9.17) is 4.74 Å². The van der Waals surface area contributed by atoms with Crippen LogP contribution in [-0.2, 0) is 19.6 Å². The summed E-state index contributed by atoms with van der Waals surface area (Å²) in [5.74, 6) is -0.628. The number of amidine groups is 1. The minimum atomic E-state index is -3.62. The number of nitrogens with zero attached hydrogens (tertiary/aromatic N) is 1. The SMILES string of the molecule is Cc1cc(C)c(C(=O)[C@@H](C)OC(=O)CCN=C2NS(=O)(=O)c3ccccc32)cc1C. The average Bonchev–Trinajstić information content (AvgIpc) is 2.95. The van der Waals surface area contributed by atoms with E-state index in [1.807, 2.05) is 32.9 Å². The number of rotatable bonds is 6. The summed E-state index contributed by atoms with van der Waals surface area (Å²) in [4.78, 5) is 29.2. The molecule has 7 nitrogen and oxygen atoms in total. The van der Waals surface area contributed by atoms with Crippen LogP contribution in [0.2, 0.25) is 0 Å². The van der Waals surface area contributed by atoms with E-state index in [0.29, 0.717) is 11.1 Å². The number of fused-ring (bicyclic) bond motifs is 1. The Hall–Kier alpha value is -3.00. The van der Waals surface area contributed by atoms with Crippen molar-refractivity contribution in [3.8, 4) is 0 Å². The number of nitrogens with one attached hydrogen (secondary N) is 1. The Balaban J connectivity index is 1.61. The minimum absolute atomic E-state index is 0.0363. The van der Waals surface area contributed by atoms with Crippen molar-refractivity contribution >= 4 is 27.6 Å². The van der Waals surface area contributed by atoms with Gasteiger partial charge in [0.2, 0.25) is 5.78 Å². The molecule has 0 radical (unpaired) electrons. The molecule has 2 aromatic rings. The normalized spacial score (nSPS) is 16.6. The van der Waals surface area contributed by atoms with Gasteiger partial charge in [-0.1, -0.05) is 18.2 Å². The highest BCUT2D eigenvalue weighted by atomic mass is 32.2. The Morgan fingerprint density at radius 3 is 2.47 bits per heavy atom. The van der Waals surface area contributed by atoms with Gasteiger partial charge in [0.15, 0.2) is 6.10 Å². The van der Waals surface area contributed by atoms with Crippen molar-refractivity contribution in [1.82, 2.24) is 4.72 Å². The lowest BCUT2D eigenvalue weighted by atomic mass is 9.96. The zero-order chi connectivity index (χ0) is 22.1. The second-order valence-corrected chi connectivity index (χ2v) is 8.98. The Bertz CT molecular complexity index is 1150. The number of hydrogen-bond acceptors (Lipinski definition) is 6. The van der Waals surface area contributed by atoms with Gasteiger partial charge in [-0.25, -0.2) is 8.42 Å². The van der Waals surface area contributed by atoms with Crippen LogP contribution < -0.4 is 4.72 Å². The predicted octanol–water partition coefficient (Wildman–Crippen LogP) is 2.86. The summed E-state index contributed by atoms with van der Waals surface area (Å²) in [5, 5.41) is 0. The molecule has 0 bridgehead atoms. The highest BCUT2D eigenvalue weighted by Gasteiger charge is 2.30. The van der Waals surface area contributed by atoms with Crippen LogP contribution in [-0.4, -0.2) is 38.7 Å². The molecule has 0 aromatic heterocycles. The van der Waals surface area contributed by atoms with Gasteiger partial charge in [0.25, 0.3) is 10.0 Å². The maximum atomic E-state index is 12.7. The zero-order valence-electron chi connectivity index (χ0n) is 17.4.